The molecule has 0 fully saturated rings. The highest BCUT2D eigenvalue weighted by atomic mass is 35.5. The summed E-state index contributed by atoms with van der Waals surface area (Å²) >= 11 is 6.32. The number of Topliss-reactive ketones (excluding diaryl/α,β-unsaturated/α-hetero) is 1. The van der Waals surface area contributed by atoms with Gasteiger partial charge in [-0.3, -0.25) is 9.78 Å². The number of hydrogen-bond donors (Lipinski definition) is 1. The number of aromatic amines is 1. The van der Waals surface area contributed by atoms with Gasteiger partial charge in [0, 0.05) is 17.5 Å². The Kier molecular flexibility index (Phi) is 6.79. The van der Waals surface area contributed by atoms with Crippen molar-refractivity contribution in [2.24, 2.45) is 5.41 Å². The van der Waals surface area contributed by atoms with E-state index in [2.05, 4.69) is 15.0 Å². The van der Waals surface area contributed by atoms with Crippen molar-refractivity contribution in [3.8, 4) is 22.8 Å². The molecule has 0 unspecified atom stereocenters. The molecule has 3 rings (SSSR count). The predicted molar refractivity (Wildman–Crippen MR) is 121 cm³/mol. The van der Waals surface area contributed by atoms with Crippen LogP contribution in [-0.2, 0) is 11.2 Å². The van der Waals surface area contributed by atoms with Gasteiger partial charge in [-0.15, -0.1) is 0 Å². The first-order valence-electron chi connectivity index (χ1n) is 10.2. The van der Waals surface area contributed by atoms with Crippen molar-refractivity contribution < 1.29 is 18.0 Å². The molecule has 1 heterocycles. The first kappa shape index (κ1) is 24.6. The van der Waals surface area contributed by atoms with Gasteiger partial charge >= 0.3 is 11.9 Å². The minimum Gasteiger partial charge on any atom is -0.299 e. The highest BCUT2D eigenvalue weighted by Crippen LogP contribution is 2.39. The van der Waals surface area contributed by atoms with Crippen molar-refractivity contribution in [2.45, 2.75) is 46.7 Å². The van der Waals surface area contributed by atoms with Gasteiger partial charge in [-0.05, 0) is 69.0 Å². The van der Waals surface area contributed by atoms with Crippen molar-refractivity contribution in [1.82, 2.24) is 15.0 Å². The molecule has 0 radical (unpaired) electrons. The van der Waals surface area contributed by atoms with Gasteiger partial charge in [0.05, 0.1) is 5.02 Å². The molecule has 0 aliphatic rings. The molecule has 0 aliphatic heterocycles. The summed E-state index contributed by atoms with van der Waals surface area (Å²) in [6.45, 7) is 5.66. The van der Waals surface area contributed by atoms with E-state index in [1.165, 1.54) is 0 Å². The molecule has 0 bridgehead atoms. The van der Waals surface area contributed by atoms with Gasteiger partial charge in [0.1, 0.15) is 17.0 Å². The lowest BCUT2D eigenvalue weighted by Crippen LogP contribution is -2.39. The summed E-state index contributed by atoms with van der Waals surface area (Å²) < 4.78 is 39.4. The van der Waals surface area contributed by atoms with Crippen molar-refractivity contribution in [3.05, 3.63) is 68.6 Å². The fourth-order valence-corrected chi connectivity index (χ4v) is 3.37. The normalized spacial score (nSPS) is 12.1. The van der Waals surface area contributed by atoms with Crippen LogP contribution in [0.2, 0.25) is 5.02 Å². The SMILES string of the molecule is Cc1ccc(-c2nc(-c3cc(CCC(=O)C(C)(C)C(F)(F)F)ccc3Cl)[nH]c(=O)n2)cc1C. The Morgan fingerprint density at radius 3 is 2.36 bits per heavy atom. The average molecular weight is 478 g/mol. The van der Waals surface area contributed by atoms with Crippen LogP contribution in [0, 0.1) is 19.3 Å². The summed E-state index contributed by atoms with van der Waals surface area (Å²) in [5.74, 6) is -0.503. The van der Waals surface area contributed by atoms with Gasteiger partial charge in [0.25, 0.3) is 0 Å². The third-order valence-electron chi connectivity index (χ3n) is 5.75. The Bertz CT molecular complexity index is 1270. The van der Waals surface area contributed by atoms with E-state index >= 15 is 0 Å². The second kappa shape index (κ2) is 9.09. The fraction of sp³-hybridized carbons (Fsp3) is 0.333. The van der Waals surface area contributed by atoms with Crippen LogP contribution in [0.4, 0.5) is 13.2 Å². The molecule has 174 valence electrons. The first-order valence-corrected chi connectivity index (χ1v) is 10.6. The van der Waals surface area contributed by atoms with Crippen LogP contribution < -0.4 is 5.69 Å². The standard InChI is InChI=1S/C24H23ClF3N3O2/c1-13-5-8-16(11-14(13)2)20-29-21(31-22(33)30-20)17-12-15(6-9-18(17)25)7-10-19(32)23(3,4)24(26,27)28/h5-6,8-9,11-12H,7,10H2,1-4H3,(H,29,30,31,33). The number of carbonyl (C=O) groups is 1. The lowest BCUT2D eigenvalue weighted by molar-refractivity contribution is -0.210. The molecule has 0 amide bonds. The van der Waals surface area contributed by atoms with E-state index in [0.29, 0.717) is 21.7 Å². The zero-order valence-electron chi connectivity index (χ0n) is 18.6. The maximum atomic E-state index is 13.1. The molecule has 0 saturated heterocycles. The van der Waals surface area contributed by atoms with Gasteiger partial charge < -0.3 is 0 Å². The van der Waals surface area contributed by atoms with E-state index in [-0.39, 0.29) is 24.5 Å². The number of aromatic nitrogens is 3. The Morgan fingerprint density at radius 2 is 1.73 bits per heavy atom. The number of rotatable bonds is 6. The summed E-state index contributed by atoms with van der Waals surface area (Å²) in [7, 11) is 0. The molecule has 1 aromatic heterocycles. The molecule has 5 nitrogen and oxygen atoms in total. The molecule has 3 aromatic rings. The quantitative estimate of drug-likeness (QED) is 0.482. The maximum absolute atomic E-state index is 13.1. The number of hydrogen-bond acceptors (Lipinski definition) is 4. The molecule has 9 heteroatoms. The van der Waals surface area contributed by atoms with Crippen LogP contribution in [0.1, 0.15) is 37.0 Å². The molecular formula is C24H23ClF3N3O2. The molecule has 2 aromatic carbocycles. The zero-order chi connectivity index (χ0) is 24.6. The number of ketones is 1. The summed E-state index contributed by atoms with van der Waals surface area (Å²) in [6.07, 6.45) is -4.83. The molecule has 0 aliphatic carbocycles. The molecular weight excluding hydrogens is 455 g/mol. The number of carbonyl (C=O) groups excluding carboxylic acids is 1. The number of H-pyrrole nitrogens is 1. The Hall–Kier alpha value is -3.00. The van der Waals surface area contributed by atoms with E-state index in [1.54, 1.807) is 18.2 Å². The van der Waals surface area contributed by atoms with Gasteiger partial charge in [0.15, 0.2) is 5.82 Å². The van der Waals surface area contributed by atoms with Crippen LogP contribution in [0.5, 0.6) is 0 Å². The lowest BCUT2D eigenvalue weighted by atomic mass is 9.84. The zero-order valence-corrected chi connectivity index (χ0v) is 19.4. The molecule has 33 heavy (non-hydrogen) atoms. The summed E-state index contributed by atoms with van der Waals surface area (Å²) in [6, 6.07) is 10.4. The van der Waals surface area contributed by atoms with Gasteiger partial charge in [0.2, 0.25) is 0 Å². The second-order valence-electron chi connectivity index (χ2n) is 8.49. The minimum absolute atomic E-state index is 0.0852. The number of nitrogens with one attached hydrogen (secondary N) is 1. The summed E-state index contributed by atoms with van der Waals surface area (Å²) in [5, 5.41) is 0.293. The van der Waals surface area contributed by atoms with Gasteiger partial charge in [-0.2, -0.15) is 18.2 Å². The third-order valence-corrected chi connectivity index (χ3v) is 6.08. The van der Waals surface area contributed by atoms with Crippen molar-refractivity contribution in [3.63, 3.8) is 0 Å². The average Bonchev–Trinajstić information content (AvgIpc) is 2.73. The Morgan fingerprint density at radius 1 is 1.03 bits per heavy atom. The van der Waals surface area contributed by atoms with Gasteiger partial charge in [-0.25, -0.2) is 9.78 Å². The number of alkyl halides is 3. The minimum atomic E-state index is -4.62. The van der Waals surface area contributed by atoms with E-state index in [1.807, 2.05) is 32.0 Å². The lowest BCUT2D eigenvalue weighted by Gasteiger charge is -2.26. The van der Waals surface area contributed by atoms with Crippen LogP contribution in [0.15, 0.2) is 41.2 Å². The summed E-state index contributed by atoms with van der Waals surface area (Å²) in [5.41, 5.74) is 0.706. The topological polar surface area (TPSA) is 75.7 Å². The largest absolute Gasteiger partial charge is 0.400 e. The number of nitrogens with zero attached hydrogens (tertiary/aromatic N) is 2. The summed E-state index contributed by atoms with van der Waals surface area (Å²) in [4.78, 5) is 35.4. The van der Waals surface area contributed by atoms with E-state index in [4.69, 9.17) is 11.6 Å². The van der Waals surface area contributed by atoms with E-state index in [0.717, 1.165) is 25.0 Å². The number of benzene rings is 2. The first-order chi connectivity index (χ1) is 15.3. The highest BCUT2D eigenvalue weighted by molar-refractivity contribution is 6.33. The van der Waals surface area contributed by atoms with Crippen molar-refractivity contribution in [1.29, 1.82) is 0 Å². The van der Waals surface area contributed by atoms with E-state index < -0.39 is 23.1 Å². The molecule has 0 spiro atoms. The van der Waals surface area contributed by atoms with Crippen molar-refractivity contribution >= 4 is 17.4 Å². The maximum Gasteiger partial charge on any atom is 0.400 e. The Balaban J connectivity index is 1.92. The monoisotopic (exact) mass is 477 g/mol. The smallest absolute Gasteiger partial charge is 0.299 e. The predicted octanol–water partition coefficient (Wildman–Crippen LogP) is 5.86. The number of aryl methyl sites for hydroxylation is 3. The van der Waals surface area contributed by atoms with Crippen molar-refractivity contribution in [2.75, 3.05) is 0 Å². The van der Waals surface area contributed by atoms with Gasteiger partial charge in [-0.1, -0.05) is 29.8 Å². The number of halogens is 4. The third kappa shape index (κ3) is 5.33. The van der Waals surface area contributed by atoms with Crippen LogP contribution >= 0.6 is 11.6 Å². The second-order valence-corrected chi connectivity index (χ2v) is 8.89. The van der Waals surface area contributed by atoms with Crippen LogP contribution in [0.25, 0.3) is 22.8 Å². The Labute approximate surface area is 194 Å². The molecule has 0 atom stereocenters. The molecule has 1 N–H and O–H groups in total. The fourth-order valence-electron chi connectivity index (χ4n) is 3.16. The van der Waals surface area contributed by atoms with Crippen LogP contribution in [-0.4, -0.2) is 26.9 Å². The van der Waals surface area contributed by atoms with E-state index in [9.17, 15) is 22.8 Å². The highest BCUT2D eigenvalue weighted by Gasteiger charge is 2.51. The molecule has 0 saturated carbocycles. The van der Waals surface area contributed by atoms with Crippen LogP contribution in [0.3, 0.4) is 0 Å².